The van der Waals surface area contributed by atoms with Crippen LogP contribution in [0.1, 0.15) is 41.3 Å². The summed E-state index contributed by atoms with van der Waals surface area (Å²) in [6.07, 6.45) is 3.83. The molecule has 0 fully saturated rings. The third kappa shape index (κ3) is 2.94. The lowest BCUT2D eigenvalue weighted by Crippen LogP contribution is -2.31. The van der Waals surface area contributed by atoms with Crippen molar-refractivity contribution in [3.8, 4) is 0 Å². The molecule has 1 atom stereocenters. The number of benzene rings is 1. The van der Waals surface area contributed by atoms with E-state index in [1.807, 2.05) is 0 Å². The van der Waals surface area contributed by atoms with Gasteiger partial charge in [0.05, 0.1) is 22.1 Å². The molecule has 0 saturated carbocycles. The summed E-state index contributed by atoms with van der Waals surface area (Å²) in [6.45, 7) is 3.31. The third-order valence-electron chi connectivity index (χ3n) is 4.45. The highest BCUT2D eigenvalue weighted by molar-refractivity contribution is 7.89. The van der Waals surface area contributed by atoms with E-state index in [2.05, 4.69) is 4.72 Å². The van der Waals surface area contributed by atoms with Crippen LogP contribution in [0.3, 0.4) is 0 Å². The van der Waals surface area contributed by atoms with Gasteiger partial charge in [0, 0.05) is 24.1 Å². The molecule has 7 nitrogen and oxygen atoms in total. The van der Waals surface area contributed by atoms with Crippen LogP contribution in [0.5, 0.6) is 0 Å². The molecule has 1 N–H and O–H groups in total. The SMILES string of the molecule is Cc1cc([N+](=O)[O-])cc(S(=O)(=O)N[C@@H]2CCCc3occc32)c1C. The van der Waals surface area contributed by atoms with Gasteiger partial charge in [0.2, 0.25) is 10.0 Å². The van der Waals surface area contributed by atoms with Crippen molar-refractivity contribution in [2.45, 2.75) is 44.0 Å². The van der Waals surface area contributed by atoms with Crippen LogP contribution >= 0.6 is 0 Å². The molecule has 0 saturated heterocycles. The monoisotopic (exact) mass is 350 g/mol. The molecule has 0 amide bonds. The molecule has 1 aliphatic rings. The van der Waals surface area contributed by atoms with E-state index < -0.39 is 14.9 Å². The maximum absolute atomic E-state index is 12.8. The van der Waals surface area contributed by atoms with E-state index in [0.717, 1.165) is 30.2 Å². The summed E-state index contributed by atoms with van der Waals surface area (Å²) in [6, 6.07) is 3.89. The van der Waals surface area contributed by atoms with Gasteiger partial charge in [0.25, 0.3) is 5.69 Å². The number of furan rings is 1. The standard InChI is InChI=1S/C16H18N2O5S/c1-10-8-12(18(19)20)9-16(11(10)2)24(21,22)17-14-4-3-5-15-13(14)6-7-23-15/h6-9,14,17H,3-5H2,1-2H3/t14-/m1/s1. The van der Waals surface area contributed by atoms with Crippen LogP contribution in [-0.2, 0) is 16.4 Å². The normalized spacial score (nSPS) is 17.5. The largest absolute Gasteiger partial charge is 0.469 e. The summed E-state index contributed by atoms with van der Waals surface area (Å²) in [7, 11) is -3.89. The molecule has 0 radical (unpaired) electrons. The van der Waals surface area contributed by atoms with Crippen LogP contribution in [0, 0.1) is 24.0 Å². The molecular formula is C16H18N2O5S. The van der Waals surface area contributed by atoms with Crippen molar-refractivity contribution in [3.05, 3.63) is 57.0 Å². The Balaban J connectivity index is 1.99. The maximum Gasteiger partial charge on any atom is 0.271 e. The smallest absolute Gasteiger partial charge is 0.271 e. The number of nitro benzene ring substituents is 1. The van der Waals surface area contributed by atoms with Crippen molar-refractivity contribution >= 4 is 15.7 Å². The fraction of sp³-hybridized carbons (Fsp3) is 0.375. The molecule has 1 aromatic carbocycles. The molecule has 3 rings (SSSR count). The van der Waals surface area contributed by atoms with E-state index in [0.29, 0.717) is 17.5 Å². The zero-order valence-corrected chi connectivity index (χ0v) is 14.2. The Morgan fingerprint density at radius 1 is 1.33 bits per heavy atom. The summed E-state index contributed by atoms with van der Waals surface area (Å²) < 4.78 is 33.7. The number of sulfonamides is 1. The van der Waals surface area contributed by atoms with Crippen molar-refractivity contribution in [1.82, 2.24) is 4.72 Å². The summed E-state index contributed by atoms with van der Waals surface area (Å²) in [4.78, 5) is 10.4. The number of fused-ring (bicyclic) bond motifs is 1. The quantitative estimate of drug-likeness (QED) is 0.674. The molecule has 0 unspecified atom stereocenters. The van der Waals surface area contributed by atoms with E-state index in [4.69, 9.17) is 4.42 Å². The lowest BCUT2D eigenvalue weighted by molar-refractivity contribution is -0.385. The second-order valence-corrected chi connectivity index (χ2v) is 7.69. The molecular weight excluding hydrogens is 332 g/mol. The van der Waals surface area contributed by atoms with Crippen LogP contribution in [0.4, 0.5) is 5.69 Å². The predicted octanol–water partition coefficient (Wildman–Crippen LogP) is 3.16. The summed E-state index contributed by atoms with van der Waals surface area (Å²) >= 11 is 0. The Bertz CT molecular complexity index is 901. The zero-order chi connectivity index (χ0) is 17.5. The van der Waals surface area contributed by atoms with Crippen LogP contribution in [-0.4, -0.2) is 13.3 Å². The first kappa shape index (κ1) is 16.7. The Labute approximate surface area is 139 Å². The van der Waals surface area contributed by atoms with Crippen LogP contribution in [0.2, 0.25) is 0 Å². The number of aryl methyl sites for hydroxylation is 2. The van der Waals surface area contributed by atoms with Crippen molar-refractivity contribution in [2.24, 2.45) is 0 Å². The highest BCUT2D eigenvalue weighted by atomic mass is 32.2. The Morgan fingerprint density at radius 3 is 2.79 bits per heavy atom. The van der Waals surface area contributed by atoms with Gasteiger partial charge in [-0.3, -0.25) is 10.1 Å². The van der Waals surface area contributed by atoms with Gasteiger partial charge >= 0.3 is 0 Å². The van der Waals surface area contributed by atoms with E-state index in [-0.39, 0.29) is 16.6 Å². The maximum atomic E-state index is 12.8. The first-order chi connectivity index (χ1) is 11.3. The number of nitrogens with zero attached hydrogens (tertiary/aromatic N) is 1. The number of nitro groups is 1. The average molecular weight is 350 g/mol. The topological polar surface area (TPSA) is 102 Å². The fourth-order valence-electron chi connectivity index (χ4n) is 3.05. The third-order valence-corrected chi connectivity index (χ3v) is 6.05. The number of hydrogen-bond acceptors (Lipinski definition) is 5. The summed E-state index contributed by atoms with van der Waals surface area (Å²) in [5.74, 6) is 0.792. The second-order valence-electron chi connectivity index (χ2n) is 6.01. The zero-order valence-electron chi connectivity index (χ0n) is 13.4. The second kappa shape index (κ2) is 6.03. The van der Waals surface area contributed by atoms with E-state index in [1.54, 1.807) is 26.2 Å². The van der Waals surface area contributed by atoms with Crippen molar-refractivity contribution in [2.75, 3.05) is 0 Å². The molecule has 0 aliphatic heterocycles. The van der Waals surface area contributed by atoms with E-state index in [9.17, 15) is 18.5 Å². The van der Waals surface area contributed by atoms with E-state index in [1.165, 1.54) is 6.07 Å². The van der Waals surface area contributed by atoms with Crippen molar-refractivity contribution < 1.29 is 17.8 Å². The van der Waals surface area contributed by atoms with Gasteiger partial charge in [0.15, 0.2) is 0 Å². The predicted molar refractivity (Wildman–Crippen MR) is 87.3 cm³/mol. The molecule has 24 heavy (non-hydrogen) atoms. The van der Waals surface area contributed by atoms with Gasteiger partial charge < -0.3 is 4.42 Å². The molecule has 2 aromatic rings. The molecule has 1 aromatic heterocycles. The Morgan fingerprint density at radius 2 is 2.08 bits per heavy atom. The van der Waals surface area contributed by atoms with Gasteiger partial charge in [-0.1, -0.05) is 0 Å². The van der Waals surface area contributed by atoms with Gasteiger partial charge in [-0.25, -0.2) is 13.1 Å². The number of nitrogens with one attached hydrogen (secondary N) is 1. The lowest BCUT2D eigenvalue weighted by Gasteiger charge is -2.23. The van der Waals surface area contributed by atoms with Crippen molar-refractivity contribution in [3.63, 3.8) is 0 Å². The first-order valence-electron chi connectivity index (χ1n) is 7.64. The summed E-state index contributed by atoms with van der Waals surface area (Å²) in [5.41, 5.74) is 1.68. The lowest BCUT2D eigenvalue weighted by atomic mass is 9.94. The minimum absolute atomic E-state index is 0.0511. The summed E-state index contributed by atoms with van der Waals surface area (Å²) in [5, 5.41) is 11.0. The van der Waals surface area contributed by atoms with Gasteiger partial charge in [-0.2, -0.15) is 0 Å². The highest BCUT2D eigenvalue weighted by Gasteiger charge is 2.29. The van der Waals surface area contributed by atoms with Crippen LogP contribution in [0.15, 0.2) is 33.8 Å². The highest BCUT2D eigenvalue weighted by Crippen LogP contribution is 2.33. The first-order valence-corrected chi connectivity index (χ1v) is 9.12. The van der Waals surface area contributed by atoms with Gasteiger partial charge in [-0.05, 0) is 43.9 Å². The molecule has 0 spiro atoms. The number of hydrogen-bond donors (Lipinski definition) is 1. The molecule has 8 heteroatoms. The molecule has 128 valence electrons. The molecule has 0 bridgehead atoms. The van der Waals surface area contributed by atoms with Crippen LogP contribution in [0.25, 0.3) is 0 Å². The Hall–Kier alpha value is -2.19. The fourth-order valence-corrected chi connectivity index (χ4v) is 4.64. The molecule has 1 heterocycles. The number of non-ortho nitro benzene ring substituents is 1. The average Bonchev–Trinajstić information content (AvgIpc) is 2.98. The van der Waals surface area contributed by atoms with Crippen molar-refractivity contribution in [1.29, 1.82) is 0 Å². The molecule has 1 aliphatic carbocycles. The Kier molecular flexibility index (Phi) is 4.18. The van der Waals surface area contributed by atoms with Gasteiger partial charge in [0.1, 0.15) is 5.76 Å². The van der Waals surface area contributed by atoms with Gasteiger partial charge in [-0.15, -0.1) is 0 Å². The number of rotatable bonds is 4. The minimum atomic E-state index is -3.89. The van der Waals surface area contributed by atoms with E-state index >= 15 is 0 Å². The minimum Gasteiger partial charge on any atom is -0.469 e. The van der Waals surface area contributed by atoms with Crippen LogP contribution < -0.4 is 4.72 Å².